The summed E-state index contributed by atoms with van der Waals surface area (Å²) in [5.74, 6) is 0. The van der Waals surface area contributed by atoms with Gasteiger partial charge in [-0.3, -0.25) is 4.90 Å². The van der Waals surface area contributed by atoms with Crippen LogP contribution in [0.2, 0.25) is 5.02 Å². The van der Waals surface area contributed by atoms with E-state index in [0.717, 1.165) is 23.6 Å². The van der Waals surface area contributed by atoms with Crippen molar-refractivity contribution in [1.82, 2.24) is 4.90 Å². The van der Waals surface area contributed by atoms with Gasteiger partial charge < -0.3 is 5.11 Å². The lowest BCUT2D eigenvalue weighted by Crippen LogP contribution is -2.28. The van der Waals surface area contributed by atoms with Gasteiger partial charge in [-0.05, 0) is 25.1 Å². The first-order valence-corrected chi connectivity index (χ1v) is 5.61. The predicted molar refractivity (Wildman–Crippen MR) is 64.1 cm³/mol. The molecule has 0 amide bonds. The van der Waals surface area contributed by atoms with Crippen molar-refractivity contribution in [3.63, 3.8) is 0 Å². The van der Waals surface area contributed by atoms with Crippen molar-refractivity contribution < 1.29 is 5.11 Å². The van der Waals surface area contributed by atoms with Gasteiger partial charge in [-0.15, -0.1) is 0 Å². The summed E-state index contributed by atoms with van der Waals surface area (Å²) in [5, 5.41) is 10.3. The number of likely N-dealkylation sites (N-methyl/N-ethyl adjacent to an activating group) is 1. The molecule has 15 heavy (non-hydrogen) atoms. The lowest BCUT2D eigenvalue weighted by Gasteiger charge is -2.20. The quantitative estimate of drug-likeness (QED) is 0.836. The van der Waals surface area contributed by atoms with E-state index in [1.54, 1.807) is 0 Å². The Morgan fingerprint density at radius 1 is 1.40 bits per heavy atom. The zero-order valence-electron chi connectivity index (χ0n) is 9.28. The van der Waals surface area contributed by atoms with Crippen LogP contribution in [-0.2, 0) is 6.54 Å². The van der Waals surface area contributed by atoms with Crippen LogP contribution >= 0.6 is 11.6 Å². The highest BCUT2D eigenvalue weighted by Gasteiger charge is 2.07. The van der Waals surface area contributed by atoms with E-state index in [2.05, 4.69) is 4.90 Å². The Hall–Kier alpha value is -0.570. The summed E-state index contributed by atoms with van der Waals surface area (Å²) in [6.07, 6.45) is 0.532. The molecule has 2 nitrogen and oxygen atoms in total. The molecule has 1 N–H and O–H groups in total. The number of rotatable bonds is 5. The Bertz CT molecular complexity index is 303. The second-order valence-corrected chi connectivity index (χ2v) is 4.26. The van der Waals surface area contributed by atoms with Crippen LogP contribution in [-0.4, -0.2) is 29.7 Å². The van der Waals surface area contributed by atoms with Crippen LogP contribution in [0, 0.1) is 0 Å². The highest BCUT2D eigenvalue weighted by atomic mass is 35.5. The van der Waals surface area contributed by atoms with Crippen molar-refractivity contribution >= 4 is 11.6 Å². The van der Waals surface area contributed by atoms with Gasteiger partial charge in [-0.25, -0.2) is 0 Å². The molecule has 1 aromatic rings. The van der Waals surface area contributed by atoms with Crippen LogP contribution in [0.5, 0.6) is 0 Å². The first-order chi connectivity index (χ1) is 7.13. The fraction of sp³-hybridized carbons (Fsp3) is 0.500. The number of aliphatic hydroxyl groups is 1. The van der Waals surface area contributed by atoms with Crippen molar-refractivity contribution in [3.05, 3.63) is 34.9 Å². The standard InChI is InChI=1S/C12H18ClNO/c1-3-11(15)9-14(2)8-10-6-4-5-7-12(10)13/h4-7,11,15H,3,8-9H2,1-2H3. The van der Waals surface area contributed by atoms with Crippen molar-refractivity contribution in [2.24, 2.45) is 0 Å². The SMILES string of the molecule is CCC(O)CN(C)Cc1ccccc1Cl. The van der Waals surface area contributed by atoms with Crippen molar-refractivity contribution in [1.29, 1.82) is 0 Å². The molecule has 0 aromatic heterocycles. The number of nitrogens with zero attached hydrogens (tertiary/aromatic N) is 1. The molecule has 0 bridgehead atoms. The number of hydrogen-bond acceptors (Lipinski definition) is 2. The summed E-state index contributed by atoms with van der Waals surface area (Å²) in [4.78, 5) is 2.08. The molecule has 0 radical (unpaired) electrons. The van der Waals surface area contributed by atoms with E-state index in [1.165, 1.54) is 0 Å². The van der Waals surface area contributed by atoms with Crippen LogP contribution in [0.4, 0.5) is 0 Å². The second kappa shape index (κ2) is 6.11. The minimum atomic E-state index is -0.252. The first kappa shape index (κ1) is 12.5. The monoisotopic (exact) mass is 227 g/mol. The summed E-state index contributed by atoms with van der Waals surface area (Å²) in [5.41, 5.74) is 1.10. The zero-order valence-corrected chi connectivity index (χ0v) is 10.0. The van der Waals surface area contributed by atoms with Crippen LogP contribution in [0.15, 0.2) is 24.3 Å². The highest BCUT2D eigenvalue weighted by molar-refractivity contribution is 6.31. The average Bonchev–Trinajstić information content (AvgIpc) is 2.21. The summed E-state index contributed by atoms with van der Waals surface area (Å²) in [7, 11) is 1.99. The van der Waals surface area contributed by atoms with Crippen LogP contribution in [0.3, 0.4) is 0 Å². The molecular formula is C12H18ClNO. The van der Waals surface area contributed by atoms with E-state index in [0.29, 0.717) is 6.54 Å². The first-order valence-electron chi connectivity index (χ1n) is 5.23. The maximum Gasteiger partial charge on any atom is 0.0664 e. The minimum Gasteiger partial charge on any atom is -0.392 e. The van der Waals surface area contributed by atoms with Crippen LogP contribution in [0.1, 0.15) is 18.9 Å². The van der Waals surface area contributed by atoms with E-state index >= 15 is 0 Å². The molecule has 1 unspecified atom stereocenters. The zero-order chi connectivity index (χ0) is 11.3. The lowest BCUT2D eigenvalue weighted by atomic mass is 10.2. The fourth-order valence-electron chi connectivity index (χ4n) is 1.47. The van der Waals surface area contributed by atoms with Crippen molar-refractivity contribution in [2.45, 2.75) is 26.0 Å². The van der Waals surface area contributed by atoms with Crippen LogP contribution < -0.4 is 0 Å². The van der Waals surface area contributed by atoms with Gasteiger partial charge in [0.2, 0.25) is 0 Å². The normalized spacial score (nSPS) is 13.1. The Kier molecular flexibility index (Phi) is 5.09. The predicted octanol–water partition coefficient (Wildman–Crippen LogP) is 2.54. The summed E-state index contributed by atoms with van der Waals surface area (Å²) in [6.45, 7) is 3.44. The number of benzene rings is 1. The van der Waals surface area contributed by atoms with Crippen LogP contribution in [0.25, 0.3) is 0 Å². The molecule has 0 aliphatic carbocycles. The van der Waals surface area contributed by atoms with Gasteiger partial charge in [0.25, 0.3) is 0 Å². The molecule has 0 fully saturated rings. The Morgan fingerprint density at radius 2 is 2.07 bits per heavy atom. The summed E-state index contributed by atoms with van der Waals surface area (Å²) in [6, 6.07) is 7.80. The Labute approximate surface area is 96.5 Å². The van der Waals surface area contributed by atoms with Gasteiger partial charge in [0.05, 0.1) is 6.10 Å². The van der Waals surface area contributed by atoms with Crippen molar-refractivity contribution in [2.75, 3.05) is 13.6 Å². The molecule has 1 atom stereocenters. The Morgan fingerprint density at radius 3 is 2.67 bits per heavy atom. The molecule has 0 aliphatic rings. The summed E-state index contributed by atoms with van der Waals surface area (Å²) >= 11 is 6.05. The van der Waals surface area contributed by atoms with Gasteiger partial charge in [0, 0.05) is 18.1 Å². The minimum absolute atomic E-state index is 0.252. The number of hydrogen-bond donors (Lipinski definition) is 1. The molecule has 84 valence electrons. The topological polar surface area (TPSA) is 23.5 Å². The van der Waals surface area contributed by atoms with Crippen molar-refractivity contribution in [3.8, 4) is 0 Å². The third-order valence-electron chi connectivity index (χ3n) is 2.39. The highest BCUT2D eigenvalue weighted by Crippen LogP contribution is 2.16. The number of halogens is 1. The average molecular weight is 228 g/mol. The maximum atomic E-state index is 9.50. The fourth-order valence-corrected chi connectivity index (χ4v) is 1.67. The maximum absolute atomic E-state index is 9.50. The van der Waals surface area contributed by atoms with E-state index in [1.807, 2.05) is 38.2 Å². The van der Waals surface area contributed by atoms with E-state index in [4.69, 9.17) is 11.6 Å². The summed E-state index contributed by atoms with van der Waals surface area (Å²) < 4.78 is 0. The molecule has 1 aromatic carbocycles. The van der Waals surface area contributed by atoms with Gasteiger partial charge >= 0.3 is 0 Å². The third-order valence-corrected chi connectivity index (χ3v) is 2.76. The molecule has 0 spiro atoms. The smallest absolute Gasteiger partial charge is 0.0664 e. The molecule has 0 aliphatic heterocycles. The lowest BCUT2D eigenvalue weighted by molar-refractivity contribution is 0.119. The number of aliphatic hydroxyl groups excluding tert-OH is 1. The molecule has 0 saturated heterocycles. The molecular weight excluding hydrogens is 210 g/mol. The second-order valence-electron chi connectivity index (χ2n) is 3.85. The largest absolute Gasteiger partial charge is 0.392 e. The third kappa shape index (κ3) is 4.20. The van der Waals surface area contributed by atoms with E-state index in [-0.39, 0.29) is 6.10 Å². The van der Waals surface area contributed by atoms with E-state index in [9.17, 15) is 5.11 Å². The molecule has 3 heteroatoms. The Balaban J connectivity index is 2.51. The van der Waals surface area contributed by atoms with Gasteiger partial charge in [0.15, 0.2) is 0 Å². The van der Waals surface area contributed by atoms with E-state index < -0.39 is 0 Å². The molecule has 1 rings (SSSR count). The molecule has 0 heterocycles. The van der Waals surface area contributed by atoms with Gasteiger partial charge in [0.1, 0.15) is 0 Å². The molecule has 0 saturated carbocycles. The van der Waals surface area contributed by atoms with Gasteiger partial charge in [-0.2, -0.15) is 0 Å². The van der Waals surface area contributed by atoms with Gasteiger partial charge in [-0.1, -0.05) is 36.7 Å².